The van der Waals surface area contributed by atoms with Gasteiger partial charge in [0.05, 0.1) is 4.90 Å². The molecule has 3 aliphatic rings. The summed E-state index contributed by atoms with van der Waals surface area (Å²) in [5, 5.41) is 0. The van der Waals surface area contributed by atoms with E-state index in [9.17, 15) is 13.2 Å². The zero-order valence-electron chi connectivity index (χ0n) is 17.4. The minimum Gasteiger partial charge on any atom is -0.312 e. The number of nitrogens with one attached hydrogen (secondary N) is 1. The van der Waals surface area contributed by atoms with Crippen molar-refractivity contribution >= 4 is 21.6 Å². The van der Waals surface area contributed by atoms with E-state index < -0.39 is 10.0 Å². The number of carbonyl (C=O) groups is 1. The topological polar surface area (TPSA) is 69.7 Å². The van der Waals surface area contributed by atoms with Gasteiger partial charge in [-0.3, -0.25) is 9.69 Å². The third kappa shape index (κ3) is 4.37. The molecule has 2 heterocycles. The van der Waals surface area contributed by atoms with Gasteiger partial charge in [0.1, 0.15) is 0 Å². The van der Waals surface area contributed by atoms with E-state index in [1.54, 1.807) is 12.1 Å². The average Bonchev–Trinajstić information content (AvgIpc) is 3.10. The predicted molar refractivity (Wildman–Crippen MR) is 115 cm³/mol. The van der Waals surface area contributed by atoms with Crippen molar-refractivity contribution in [1.82, 2.24) is 9.62 Å². The highest BCUT2D eigenvalue weighted by Gasteiger charge is 2.34. The Morgan fingerprint density at radius 2 is 1.97 bits per heavy atom. The smallest absolute Gasteiger partial charge is 0.240 e. The normalized spacial score (nSPS) is 23.1. The lowest BCUT2D eigenvalue weighted by atomic mass is 9.84. The Kier molecular flexibility index (Phi) is 6.27. The lowest BCUT2D eigenvalue weighted by Crippen LogP contribution is -2.43. The first-order valence-corrected chi connectivity index (χ1v) is 12.7. The summed E-state index contributed by atoms with van der Waals surface area (Å²) in [6, 6.07) is 5.78. The van der Waals surface area contributed by atoms with Crippen molar-refractivity contribution in [3.8, 4) is 0 Å². The van der Waals surface area contributed by atoms with Crippen molar-refractivity contribution in [2.45, 2.75) is 69.2 Å². The number of sulfonamides is 1. The van der Waals surface area contributed by atoms with Gasteiger partial charge in [-0.15, -0.1) is 0 Å². The van der Waals surface area contributed by atoms with Gasteiger partial charge in [-0.2, -0.15) is 0 Å². The van der Waals surface area contributed by atoms with Gasteiger partial charge < -0.3 is 4.90 Å². The predicted octanol–water partition coefficient (Wildman–Crippen LogP) is 2.92. The molecule has 160 valence electrons. The lowest BCUT2D eigenvalue weighted by Gasteiger charge is -2.35. The molecule has 6 nitrogen and oxygen atoms in total. The van der Waals surface area contributed by atoms with E-state index in [1.165, 1.54) is 19.3 Å². The number of hydrogen-bond acceptors (Lipinski definition) is 4. The number of amides is 1. The summed E-state index contributed by atoms with van der Waals surface area (Å²) in [5.41, 5.74) is 1.85. The fourth-order valence-corrected chi connectivity index (χ4v) is 5.94. The summed E-state index contributed by atoms with van der Waals surface area (Å²) >= 11 is 0. The molecule has 0 radical (unpaired) electrons. The molecule has 1 aromatic rings. The van der Waals surface area contributed by atoms with Crippen LogP contribution in [0.2, 0.25) is 0 Å². The summed E-state index contributed by atoms with van der Waals surface area (Å²) in [6.45, 7) is 5.12. The Balaban J connectivity index is 1.38. The number of hydrogen-bond donors (Lipinski definition) is 1. The first-order valence-electron chi connectivity index (χ1n) is 11.2. The second kappa shape index (κ2) is 8.74. The number of benzene rings is 1. The fraction of sp³-hybridized carbons (Fsp3) is 0.682. The van der Waals surface area contributed by atoms with E-state index >= 15 is 0 Å². The van der Waals surface area contributed by atoms with Gasteiger partial charge in [0.15, 0.2) is 0 Å². The van der Waals surface area contributed by atoms with Crippen LogP contribution in [0.15, 0.2) is 23.1 Å². The van der Waals surface area contributed by atoms with Gasteiger partial charge in [0, 0.05) is 37.3 Å². The van der Waals surface area contributed by atoms with E-state index in [1.807, 2.05) is 11.0 Å². The molecule has 1 atom stereocenters. The third-order valence-corrected chi connectivity index (χ3v) is 8.35. The van der Waals surface area contributed by atoms with Crippen molar-refractivity contribution in [2.75, 3.05) is 31.1 Å². The summed E-state index contributed by atoms with van der Waals surface area (Å²) in [7, 11) is -3.53. The Morgan fingerprint density at radius 1 is 1.14 bits per heavy atom. The fourth-order valence-electron chi connectivity index (χ4n) is 4.87. The molecule has 0 unspecified atom stereocenters. The average molecular weight is 420 g/mol. The third-order valence-electron chi connectivity index (χ3n) is 6.89. The summed E-state index contributed by atoms with van der Waals surface area (Å²) < 4.78 is 28.4. The molecule has 7 heteroatoms. The Labute approximate surface area is 174 Å². The highest BCUT2D eigenvalue weighted by molar-refractivity contribution is 7.89. The number of rotatable bonds is 7. The maximum Gasteiger partial charge on any atom is 0.240 e. The highest BCUT2D eigenvalue weighted by atomic mass is 32.2. The molecule has 0 bridgehead atoms. The second-order valence-corrected chi connectivity index (χ2v) is 10.4. The molecule has 1 aliphatic carbocycles. The van der Waals surface area contributed by atoms with Crippen molar-refractivity contribution in [2.24, 2.45) is 5.92 Å². The number of likely N-dealkylation sites (tertiary alicyclic amines) is 1. The molecular weight excluding hydrogens is 386 g/mol. The first kappa shape index (κ1) is 20.8. The van der Waals surface area contributed by atoms with Crippen LogP contribution in [0, 0.1) is 5.92 Å². The Bertz CT molecular complexity index is 851. The van der Waals surface area contributed by atoms with E-state index in [-0.39, 0.29) is 11.8 Å². The van der Waals surface area contributed by atoms with Crippen LogP contribution >= 0.6 is 0 Å². The van der Waals surface area contributed by atoms with Gasteiger partial charge in [-0.05, 0) is 68.8 Å². The van der Waals surface area contributed by atoms with E-state index in [0.717, 1.165) is 56.4 Å². The quantitative estimate of drug-likeness (QED) is 0.738. The maximum atomic E-state index is 12.8. The van der Waals surface area contributed by atoms with Crippen molar-refractivity contribution < 1.29 is 13.2 Å². The molecule has 1 aromatic carbocycles. The zero-order chi connectivity index (χ0) is 20.4. The van der Waals surface area contributed by atoms with Crippen molar-refractivity contribution in [3.05, 3.63) is 23.8 Å². The second-order valence-electron chi connectivity index (χ2n) is 8.65. The van der Waals surface area contributed by atoms with Gasteiger partial charge in [0.25, 0.3) is 0 Å². The monoisotopic (exact) mass is 419 g/mol. The molecule has 1 saturated carbocycles. The summed E-state index contributed by atoms with van der Waals surface area (Å²) in [6.07, 6.45) is 8.63. The largest absolute Gasteiger partial charge is 0.312 e. The number of carbonyl (C=O) groups excluding carboxylic acids is 1. The van der Waals surface area contributed by atoms with Gasteiger partial charge >= 0.3 is 0 Å². The molecule has 1 amide bonds. The molecule has 1 N–H and O–H groups in total. The molecular formula is C22H33N3O3S. The molecule has 2 aliphatic heterocycles. The Morgan fingerprint density at radius 3 is 2.69 bits per heavy atom. The van der Waals surface area contributed by atoms with Crippen LogP contribution in [0.1, 0.15) is 57.4 Å². The van der Waals surface area contributed by atoms with Crippen molar-refractivity contribution in [3.63, 3.8) is 0 Å². The van der Waals surface area contributed by atoms with Crippen LogP contribution in [0.4, 0.5) is 5.69 Å². The van der Waals surface area contributed by atoms with Gasteiger partial charge in [-0.25, -0.2) is 13.1 Å². The van der Waals surface area contributed by atoms with Crippen LogP contribution in [-0.4, -0.2) is 51.4 Å². The van der Waals surface area contributed by atoms with Crippen molar-refractivity contribution in [1.29, 1.82) is 0 Å². The standard InChI is InChI=1S/C22H33N3O3S/c1-2-19-8-3-4-13-24(19)15-12-23-29(27,28)20-9-10-21-18(16-20)11-14-25(21)22(26)17-6-5-7-17/h9-10,16-17,19,23H,2-8,11-15H2,1H3/t19-/m0/s1. The molecule has 2 fully saturated rings. The summed E-state index contributed by atoms with van der Waals surface area (Å²) in [4.78, 5) is 17.2. The Hall–Kier alpha value is -1.44. The van der Waals surface area contributed by atoms with Gasteiger partial charge in [-0.1, -0.05) is 19.8 Å². The van der Waals surface area contributed by atoms with Crippen LogP contribution in [0.3, 0.4) is 0 Å². The SMILES string of the molecule is CC[C@H]1CCCCN1CCNS(=O)(=O)c1ccc2c(c1)CCN2C(=O)C1CCC1. The summed E-state index contributed by atoms with van der Waals surface area (Å²) in [5.74, 6) is 0.364. The van der Waals surface area contributed by atoms with E-state index in [4.69, 9.17) is 0 Å². The zero-order valence-corrected chi connectivity index (χ0v) is 18.2. The molecule has 4 rings (SSSR count). The van der Waals surface area contributed by atoms with E-state index in [0.29, 0.717) is 24.0 Å². The van der Waals surface area contributed by atoms with Crippen LogP contribution in [0.5, 0.6) is 0 Å². The van der Waals surface area contributed by atoms with Crippen LogP contribution in [0.25, 0.3) is 0 Å². The van der Waals surface area contributed by atoms with Gasteiger partial charge in [0.2, 0.25) is 15.9 Å². The van der Waals surface area contributed by atoms with Crippen LogP contribution in [-0.2, 0) is 21.2 Å². The number of nitrogens with zero attached hydrogens (tertiary/aromatic N) is 2. The first-order chi connectivity index (χ1) is 14.0. The molecule has 0 aromatic heterocycles. The number of piperidine rings is 1. The lowest BCUT2D eigenvalue weighted by molar-refractivity contribution is -0.124. The molecule has 1 saturated heterocycles. The van der Waals surface area contributed by atoms with Crippen LogP contribution < -0.4 is 9.62 Å². The molecule has 0 spiro atoms. The minimum atomic E-state index is -3.53. The number of fused-ring (bicyclic) bond motifs is 1. The minimum absolute atomic E-state index is 0.160. The molecule has 29 heavy (non-hydrogen) atoms. The highest BCUT2D eigenvalue weighted by Crippen LogP contribution is 2.35. The van der Waals surface area contributed by atoms with E-state index in [2.05, 4.69) is 16.5 Å². The number of anilines is 1. The maximum absolute atomic E-state index is 12.8.